The molecule has 0 saturated heterocycles. The molecule has 1 rings (SSSR count). The van der Waals surface area contributed by atoms with Gasteiger partial charge in [0.1, 0.15) is 5.04 Å². The van der Waals surface area contributed by atoms with Gasteiger partial charge in [0.15, 0.2) is 4.71 Å². The van der Waals surface area contributed by atoms with Crippen molar-refractivity contribution in [2.24, 2.45) is 5.10 Å². The van der Waals surface area contributed by atoms with Gasteiger partial charge in [-0.15, -0.1) is 0 Å². The average molecular weight is 296 g/mol. The van der Waals surface area contributed by atoms with Crippen LogP contribution in [-0.4, -0.2) is 23.0 Å². The zero-order chi connectivity index (χ0) is 10.9. The summed E-state index contributed by atoms with van der Waals surface area (Å²) in [7, 11) is -1.04. The van der Waals surface area contributed by atoms with Gasteiger partial charge < -0.3 is 0 Å². The van der Waals surface area contributed by atoms with Crippen LogP contribution in [0.4, 0.5) is 0 Å². The Morgan fingerprint density at radius 1 is 1.57 bits per heavy atom. The molecule has 0 aromatic carbocycles. The van der Waals surface area contributed by atoms with Gasteiger partial charge in [-0.25, -0.2) is 0 Å². The summed E-state index contributed by atoms with van der Waals surface area (Å²) in [6.45, 7) is 3.73. The van der Waals surface area contributed by atoms with E-state index in [1.54, 1.807) is 0 Å². The normalized spacial score (nSPS) is 24.7. The monoisotopic (exact) mass is 294 g/mol. The Morgan fingerprint density at radius 2 is 2.14 bits per heavy atom. The number of hydrazone groups is 1. The molecule has 0 aromatic rings. The smallest absolute Gasteiger partial charge is 0.240 e. The lowest BCUT2D eigenvalue weighted by Gasteiger charge is -2.13. The number of thioether (sulfide) groups is 1. The van der Waals surface area contributed by atoms with Crippen LogP contribution in [-0.2, 0) is 10.8 Å². The van der Waals surface area contributed by atoms with Crippen LogP contribution in [0.1, 0.15) is 13.8 Å². The van der Waals surface area contributed by atoms with Crippen molar-refractivity contribution in [2.75, 3.05) is 0 Å². The fraction of sp³-hybridized carbons (Fsp3) is 0.833. The van der Waals surface area contributed by atoms with Crippen LogP contribution in [0, 0.1) is 0 Å². The molecule has 1 N–H and O–H groups in total. The molecule has 0 radical (unpaired) electrons. The Bertz CT molecular complexity index is 277. The molecule has 0 aliphatic carbocycles. The number of alkyl halides is 3. The van der Waals surface area contributed by atoms with E-state index in [4.69, 9.17) is 34.8 Å². The standard InChI is InChI=1S/C6H9Cl3N2OS2/c1-3(2)14(12)5-11-10-4(13-5)6(7,8)9/h3,5,11H,1-2H3. The van der Waals surface area contributed by atoms with Crippen molar-refractivity contribution in [3.8, 4) is 0 Å². The van der Waals surface area contributed by atoms with Gasteiger partial charge in [-0.3, -0.25) is 9.63 Å². The minimum Gasteiger partial charge on any atom is -0.283 e. The van der Waals surface area contributed by atoms with Crippen LogP contribution in [0.2, 0.25) is 0 Å². The molecule has 2 unspecified atom stereocenters. The second-order valence-electron chi connectivity index (χ2n) is 2.87. The Balaban J connectivity index is 2.59. The maximum Gasteiger partial charge on any atom is 0.240 e. The SMILES string of the molecule is CC(C)S(=O)C1NN=C(C(Cl)(Cl)Cl)S1. The Kier molecular flexibility index (Phi) is 4.41. The van der Waals surface area contributed by atoms with Crippen LogP contribution < -0.4 is 5.43 Å². The molecule has 0 spiro atoms. The number of nitrogens with one attached hydrogen (secondary N) is 1. The van der Waals surface area contributed by atoms with E-state index >= 15 is 0 Å². The van der Waals surface area contributed by atoms with Crippen molar-refractivity contribution in [3.05, 3.63) is 0 Å². The molecule has 0 amide bonds. The third-order valence-electron chi connectivity index (χ3n) is 1.41. The Hall–Kier alpha value is 0.840. The number of nitrogens with zero attached hydrogens (tertiary/aromatic N) is 1. The molecule has 0 saturated carbocycles. The summed E-state index contributed by atoms with van der Waals surface area (Å²) >= 11 is 18.1. The van der Waals surface area contributed by atoms with Crippen molar-refractivity contribution in [2.45, 2.75) is 27.6 Å². The second kappa shape index (κ2) is 4.78. The number of halogens is 3. The van der Waals surface area contributed by atoms with Crippen LogP contribution in [0.15, 0.2) is 5.10 Å². The third kappa shape index (κ3) is 3.17. The summed E-state index contributed by atoms with van der Waals surface area (Å²) in [4.78, 5) is 0. The Morgan fingerprint density at radius 3 is 2.50 bits per heavy atom. The van der Waals surface area contributed by atoms with E-state index in [0.717, 1.165) is 0 Å². The van der Waals surface area contributed by atoms with E-state index in [1.807, 2.05) is 13.8 Å². The maximum absolute atomic E-state index is 11.6. The minimum atomic E-state index is -1.53. The zero-order valence-electron chi connectivity index (χ0n) is 7.46. The highest BCUT2D eigenvalue weighted by molar-refractivity contribution is 8.22. The van der Waals surface area contributed by atoms with Crippen molar-refractivity contribution in [1.29, 1.82) is 0 Å². The lowest BCUT2D eigenvalue weighted by molar-refractivity contribution is 0.666. The summed E-state index contributed by atoms with van der Waals surface area (Å²) in [5, 5.41) is 4.21. The molecule has 0 aromatic heterocycles. The van der Waals surface area contributed by atoms with Crippen LogP contribution in [0.25, 0.3) is 0 Å². The first-order valence-corrected chi connectivity index (χ1v) is 7.08. The maximum atomic E-state index is 11.6. The van der Waals surface area contributed by atoms with Gasteiger partial charge in [-0.2, -0.15) is 5.10 Å². The van der Waals surface area contributed by atoms with Crippen molar-refractivity contribution < 1.29 is 4.21 Å². The molecule has 1 heterocycles. The van der Waals surface area contributed by atoms with E-state index in [0.29, 0.717) is 5.04 Å². The molecule has 2 atom stereocenters. The minimum absolute atomic E-state index is 0.0462. The summed E-state index contributed by atoms with van der Waals surface area (Å²) in [6, 6.07) is 0. The fourth-order valence-electron chi connectivity index (χ4n) is 0.742. The first kappa shape index (κ1) is 12.9. The largest absolute Gasteiger partial charge is 0.283 e. The van der Waals surface area contributed by atoms with Crippen molar-refractivity contribution in [3.63, 3.8) is 0 Å². The zero-order valence-corrected chi connectivity index (χ0v) is 11.4. The highest BCUT2D eigenvalue weighted by Crippen LogP contribution is 2.37. The van der Waals surface area contributed by atoms with E-state index in [-0.39, 0.29) is 9.96 Å². The topological polar surface area (TPSA) is 41.5 Å². The summed E-state index contributed by atoms with van der Waals surface area (Å²) in [6.07, 6.45) is 0. The molecule has 0 fully saturated rings. The molecule has 82 valence electrons. The Labute approximate surface area is 104 Å². The van der Waals surface area contributed by atoms with Gasteiger partial charge >= 0.3 is 0 Å². The number of hydrogen-bond acceptors (Lipinski definition) is 4. The molecule has 3 nitrogen and oxygen atoms in total. The number of rotatable bonds is 2. The van der Waals surface area contributed by atoms with Crippen LogP contribution in [0.5, 0.6) is 0 Å². The van der Waals surface area contributed by atoms with Gasteiger partial charge in [0.05, 0.1) is 10.8 Å². The quantitative estimate of drug-likeness (QED) is 0.796. The first-order chi connectivity index (χ1) is 6.32. The lowest BCUT2D eigenvalue weighted by atomic mass is 10.6. The van der Waals surface area contributed by atoms with Crippen molar-refractivity contribution >= 4 is 62.4 Å². The van der Waals surface area contributed by atoms with E-state index in [9.17, 15) is 4.21 Å². The highest BCUT2D eigenvalue weighted by Gasteiger charge is 2.37. The predicted octanol–water partition coefficient (Wildman–Crippen LogP) is 2.45. The molecule has 0 bridgehead atoms. The molecular formula is C6H9Cl3N2OS2. The van der Waals surface area contributed by atoms with E-state index in [2.05, 4.69) is 10.5 Å². The molecule has 14 heavy (non-hydrogen) atoms. The summed E-state index contributed by atoms with van der Waals surface area (Å²) in [5.74, 6) is 0. The van der Waals surface area contributed by atoms with Gasteiger partial charge in [0.2, 0.25) is 3.79 Å². The van der Waals surface area contributed by atoms with E-state index < -0.39 is 14.6 Å². The summed E-state index contributed by atoms with van der Waals surface area (Å²) in [5.41, 5.74) is 2.69. The summed E-state index contributed by atoms with van der Waals surface area (Å²) < 4.78 is 9.79. The van der Waals surface area contributed by atoms with Gasteiger partial charge in [-0.05, 0) is 0 Å². The van der Waals surface area contributed by atoms with E-state index in [1.165, 1.54) is 11.8 Å². The van der Waals surface area contributed by atoms with Gasteiger partial charge in [-0.1, -0.05) is 60.4 Å². The lowest BCUT2D eigenvalue weighted by Crippen LogP contribution is -2.27. The molecule has 1 aliphatic rings. The van der Waals surface area contributed by atoms with Gasteiger partial charge in [0.25, 0.3) is 0 Å². The third-order valence-corrected chi connectivity index (χ3v) is 5.54. The van der Waals surface area contributed by atoms with Gasteiger partial charge in [0, 0.05) is 5.25 Å². The van der Waals surface area contributed by atoms with Crippen LogP contribution >= 0.6 is 46.6 Å². The second-order valence-corrected chi connectivity index (χ2v) is 8.62. The predicted molar refractivity (Wildman–Crippen MR) is 65.5 cm³/mol. The fourth-order valence-corrected chi connectivity index (χ4v) is 3.79. The molecular weight excluding hydrogens is 287 g/mol. The van der Waals surface area contributed by atoms with Crippen molar-refractivity contribution in [1.82, 2.24) is 5.43 Å². The highest BCUT2D eigenvalue weighted by atomic mass is 35.6. The van der Waals surface area contributed by atoms with Crippen LogP contribution in [0.3, 0.4) is 0 Å². The molecule has 8 heteroatoms. The molecule has 1 aliphatic heterocycles. The number of hydrogen-bond donors (Lipinski definition) is 1. The average Bonchev–Trinajstić information content (AvgIpc) is 2.49. The first-order valence-electron chi connectivity index (χ1n) is 3.79.